The largest absolute Gasteiger partial charge is 0.481 e. The summed E-state index contributed by atoms with van der Waals surface area (Å²) in [4.78, 5) is 11.3. The van der Waals surface area contributed by atoms with Gasteiger partial charge in [-0.3, -0.25) is 4.79 Å². The number of benzene rings is 1. The number of carboxylic acid groups (broad SMARTS) is 1. The highest BCUT2D eigenvalue weighted by atomic mass is 35.5. The van der Waals surface area contributed by atoms with E-state index in [9.17, 15) is 9.90 Å². The fourth-order valence-electron chi connectivity index (χ4n) is 1.55. The molecular formula is C13H17ClO2. The molecule has 0 fully saturated rings. The van der Waals surface area contributed by atoms with E-state index in [4.69, 9.17) is 11.6 Å². The topological polar surface area (TPSA) is 37.3 Å². The minimum atomic E-state index is -0.752. The Morgan fingerprint density at radius 1 is 1.38 bits per heavy atom. The minimum absolute atomic E-state index is 0.0840. The molecule has 1 aromatic carbocycles. The van der Waals surface area contributed by atoms with Crippen molar-refractivity contribution in [2.45, 2.75) is 27.2 Å². The molecule has 0 aliphatic carbocycles. The normalized spacial score (nSPS) is 14.8. The number of carbonyl (C=O) groups is 1. The zero-order valence-electron chi connectivity index (χ0n) is 9.83. The molecule has 16 heavy (non-hydrogen) atoms. The van der Waals surface area contributed by atoms with Crippen LogP contribution in [0.5, 0.6) is 0 Å². The van der Waals surface area contributed by atoms with Gasteiger partial charge in [0.05, 0.1) is 5.41 Å². The van der Waals surface area contributed by atoms with Crippen molar-refractivity contribution in [3.63, 3.8) is 0 Å². The zero-order chi connectivity index (χ0) is 12.3. The number of halogens is 1. The number of rotatable bonds is 4. The first-order valence-electron chi connectivity index (χ1n) is 5.34. The molecule has 0 saturated carbocycles. The lowest BCUT2D eigenvalue weighted by Gasteiger charge is -2.29. The Balaban J connectivity index is 2.93. The van der Waals surface area contributed by atoms with Crippen LogP contribution in [-0.4, -0.2) is 11.1 Å². The lowest BCUT2D eigenvalue weighted by atomic mass is 9.74. The van der Waals surface area contributed by atoms with Gasteiger partial charge in [0, 0.05) is 5.02 Å². The summed E-state index contributed by atoms with van der Waals surface area (Å²) in [6.45, 7) is 5.66. The molecule has 0 bridgehead atoms. The van der Waals surface area contributed by atoms with E-state index < -0.39 is 11.4 Å². The van der Waals surface area contributed by atoms with Crippen LogP contribution >= 0.6 is 11.6 Å². The van der Waals surface area contributed by atoms with Gasteiger partial charge in [-0.05, 0) is 37.0 Å². The molecule has 0 heterocycles. The maximum atomic E-state index is 11.3. The van der Waals surface area contributed by atoms with Crippen LogP contribution in [0.2, 0.25) is 5.02 Å². The van der Waals surface area contributed by atoms with Crippen LogP contribution in [-0.2, 0) is 11.2 Å². The molecule has 88 valence electrons. The Hall–Kier alpha value is -1.02. The van der Waals surface area contributed by atoms with Gasteiger partial charge in [-0.1, -0.05) is 37.6 Å². The van der Waals surface area contributed by atoms with Crippen molar-refractivity contribution >= 4 is 17.6 Å². The second-order valence-corrected chi connectivity index (χ2v) is 5.12. The molecule has 0 aromatic heterocycles. The minimum Gasteiger partial charge on any atom is -0.481 e. The van der Waals surface area contributed by atoms with Crippen LogP contribution in [0.1, 0.15) is 26.3 Å². The number of aliphatic carboxylic acids is 1. The van der Waals surface area contributed by atoms with Gasteiger partial charge in [-0.25, -0.2) is 0 Å². The van der Waals surface area contributed by atoms with Crippen molar-refractivity contribution in [2.75, 3.05) is 0 Å². The fraction of sp³-hybridized carbons (Fsp3) is 0.462. The maximum absolute atomic E-state index is 11.3. The number of hydrogen-bond donors (Lipinski definition) is 1. The van der Waals surface area contributed by atoms with E-state index in [-0.39, 0.29) is 5.92 Å². The second kappa shape index (κ2) is 4.88. The highest BCUT2D eigenvalue weighted by Crippen LogP contribution is 2.31. The highest BCUT2D eigenvalue weighted by Gasteiger charge is 2.36. The van der Waals surface area contributed by atoms with Crippen LogP contribution in [0.25, 0.3) is 0 Å². The smallest absolute Gasteiger partial charge is 0.309 e. The zero-order valence-corrected chi connectivity index (χ0v) is 10.6. The standard InChI is InChI=1S/C13H17ClO2/c1-9(2)13(3,12(15)16)8-10-4-6-11(14)7-5-10/h4-7,9H,8H2,1-3H3,(H,15,16). The molecule has 0 aliphatic rings. The van der Waals surface area contributed by atoms with E-state index in [1.807, 2.05) is 26.0 Å². The molecule has 0 saturated heterocycles. The van der Waals surface area contributed by atoms with Gasteiger partial charge in [-0.2, -0.15) is 0 Å². The lowest BCUT2D eigenvalue weighted by Crippen LogP contribution is -2.35. The van der Waals surface area contributed by atoms with Crippen LogP contribution < -0.4 is 0 Å². The summed E-state index contributed by atoms with van der Waals surface area (Å²) in [7, 11) is 0. The van der Waals surface area contributed by atoms with E-state index in [1.54, 1.807) is 19.1 Å². The summed E-state index contributed by atoms with van der Waals surface area (Å²) in [6, 6.07) is 7.34. The average Bonchev–Trinajstić information content (AvgIpc) is 2.20. The van der Waals surface area contributed by atoms with Gasteiger partial charge in [0.25, 0.3) is 0 Å². The van der Waals surface area contributed by atoms with Crippen molar-refractivity contribution in [1.82, 2.24) is 0 Å². The first-order chi connectivity index (χ1) is 7.36. The van der Waals surface area contributed by atoms with Crippen molar-refractivity contribution in [3.05, 3.63) is 34.9 Å². The summed E-state index contributed by atoms with van der Waals surface area (Å²) in [6.07, 6.45) is 0.525. The van der Waals surface area contributed by atoms with E-state index in [0.717, 1.165) is 5.56 Å². The predicted octanol–water partition coefficient (Wildman–Crippen LogP) is 3.63. The van der Waals surface area contributed by atoms with Gasteiger partial charge < -0.3 is 5.11 Å². The molecule has 1 unspecified atom stereocenters. The quantitative estimate of drug-likeness (QED) is 0.873. The first-order valence-corrected chi connectivity index (χ1v) is 5.72. The molecule has 1 aromatic rings. The maximum Gasteiger partial charge on any atom is 0.309 e. The molecule has 0 aliphatic heterocycles. The number of hydrogen-bond acceptors (Lipinski definition) is 1. The van der Waals surface area contributed by atoms with Gasteiger partial charge in [0.15, 0.2) is 0 Å². The third kappa shape index (κ3) is 2.76. The molecular weight excluding hydrogens is 224 g/mol. The molecule has 0 amide bonds. The van der Waals surface area contributed by atoms with Crippen LogP contribution in [0.15, 0.2) is 24.3 Å². The second-order valence-electron chi connectivity index (χ2n) is 4.68. The Kier molecular flexibility index (Phi) is 3.98. The predicted molar refractivity (Wildman–Crippen MR) is 65.7 cm³/mol. The van der Waals surface area contributed by atoms with Crippen LogP contribution in [0.4, 0.5) is 0 Å². The molecule has 1 rings (SSSR count). The van der Waals surface area contributed by atoms with Gasteiger partial charge in [0.2, 0.25) is 0 Å². The molecule has 3 heteroatoms. The third-order valence-corrected chi connectivity index (χ3v) is 3.50. The molecule has 0 radical (unpaired) electrons. The monoisotopic (exact) mass is 240 g/mol. The average molecular weight is 241 g/mol. The molecule has 1 atom stereocenters. The Morgan fingerprint density at radius 3 is 2.25 bits per heavy atom. The van der Waals surface area contributed by atoms with Crippen molar-refractivity contribution in [2.24, 2.45) is 11.3 Å². The summed E-state index contributed by atoms with van der Waals surface area (Å²) in [5, 5.41) is 9.96. The van der Waals surface area contributed by atoms with Crippen molar-refractivity contribution in [1.29, 1.82) is 0 Å². The summed E-state index contributed by atoms with van der Waals surface area (Å²) in [5.74, 6) is -0.668. The van der Waals surface area contributed by atoms with E-state index in [0.29, 0.717) is 11.4 Å². The Bertz CT molecular complexity index is 370. The Morgan fingerprint density at radius 2 is 1.88 bits per heavy atom. The summed E-state index contributed by atoms with van der Waals surface area (Å²) < 4.78 is 0. The van der Waals surface area contributed by atoms with Crippen LogP contribution in [0, 0.1) is 11.3 Å². The van der Waals surface area contributed by atoms with Gasteiger partial charge in [0.1, 0.15) is 0 Å². The first kappa shape index (κ1) is 13.0. The molecule has 2 nitrogen and oxygen atoms in total. The van der Waals surface area contributed by atoms with Crippen molar-refractivity contribution in [3.8, 4) is 0 Å². The molecule has 0 spiro atoms. The Labute approximate surface area is 101 Å². The van der Waals surface area contributed by atoms with E-state index >= 15 is 0 Å². The van der Waals surface area contributed by atoms with Gasteiger partial charge >= 0.3 is 5.97 Å². The third-order valence-electron chi connectivity index (χ3n) is 3.25. The molecule has 1 N–H and O–H groups in total. The number of carboxylic acids is 1. The van der Waals surface area contributed by atoms with Gasteiger partial charge in [-0.15, -0.1) is 0 Å². The highest BCUT2D eigenvalue weighted by molar-refractivity contribution is 6.30. The van der Waals surface area contributed by atoms with E-state index in [2.05, 4.69) is 0 Å². The fourth-order valence-corrected chi connectivity index (χ4v) is 1.68. The van der Waals surface area contributed by atoms with E-state index in [1.165, 1.54) is 0 Å². The van der Waals surface area contributed by atoms with Crippen molar-refractivity contribution < 1.29 is 9.90 Å². The van der Waals surface area contributed by atoms with Crippen LogP contribution in [0.3, 0.4) is 0 Å². The summed E-state index contributed by atoms with van der Waals surface area (Å²) in [5.41, 5.74) is 0.274. The SMILES string of the molecule is CC(C)C(C)(Cc1ccc(Cl)cc1)C(=O)O. The lowest BCUT2D eigenvalue weighted by molar-refractivity contribution is -0.150. The summed E-state index contributed by atoms with van der Waals surface area (Å²) >= 11 is 5.79.